The summed E-state index contributed by atoms with van der Waals surface area (Å²) in [5.41, 5.74) is 0. The van der Waals surface area contributed by atoms with Crippen molar-refractivity contribution in [1.29, 1.82) is 0 Å². The van der Waals surface area contributed by atoms with Gasteiger partial charge in [-0.3, -0.25) is 4.79 Å². The number of nitrogens with zero attached hydrogens (tertiary/aromatic N) is 1. The standard InChI is InChI=1S/C4H2NO2/c6-3-4-1-2-5-7-4/h1,3H. The van der Waals surface area contributed by atoms with E-state index in [1.165, 1.54) is 6.07 Å². The predicted molar refractivity (Wildman–Crippen MR) is 20.7 cm³/mol. The summed E-state index contributed by atoms with van der Waals surface area (Å²) in [6, 6.07) is 1.37. The number of carbonyl (C=O) groups is 1. The van der Waals surface area contributed by atoms with Gasteiger partial charge in [0.2, 0.25) is 0 Å². The molecule has 3 nitrogen and oxygen atoms in total. The Balaban J connectivity index is 2.96. The average molecular weight is 96.1 g/mol. The number of hydrogen-bond acceptors (Lipinski definition) is 3. The first-order valence-electron chi connectivity index (χ1n) is 1.71. The van der Waals surface area contributed by atoms with Crippen molar-refractivity contribution in [2.24, 2.45) is 0 Å². The Hall–Kier alpha value is -1.12. The van der Waals surface area contributed by atoms with Crippen LogP contribution in [0.1, 0.15) is 10.6 Å². The predicted octanol–water partition coefficient (Wildman–Crippen LogP) is 0.287. The molecule has 0 amide bonds. The van der Waals surface area contributed by atoms with Crippen LogP contribution in [0, 0.1) is 6.20 Å². The maximum absolute atomic E-state index is 9.71. The molecular weight excluding hydrogens is 94.0 g/mol. The molecule has 0 spiro atoms. The minimum Gasteiger partial charge on any atom is -0.353 e. The van der Waals surface area contributed by atoms with E-state index in [0.717, 1.165) is 0 Å². The monoisotopic (exact) mass is 96.0 g/mol. The van der Waals surface area contributed by atoms with Crippen molar-refractivity contribution in [3.63, 3.8) is 0 Å². The fourth-order valence-electron chi connectivity index (χ4n) is 0.251. The fourth-order valence-corrected chi connectivity index (χ4v) is 0.251. The summed E-state index contributed by atoms with van der Waals surface area (Å²) in [4.78, 5) is 9.71. The van der Waals surface area contributed by atoms with Gasteiger partial charge in [0, 0.05) is 6.07 Å². The Morgan fingerprint density at radius 3 is 3.14 bits per heavy atom. The molecule has 0 aliphatic heterocycles. The van der Waals surface area contributed by atoms with Crippen molar-refractivity contribution < 1.29 is 9.32 Å². The Morgan fingerprint density at radius 1 is 2.00 bits per heavy atom. The van der Waals surface area contributed by atoms with Crippen molar-refractivity contribution in [1.82, 2.24) is 5.16 Å². The van der Waals surface area contributed by atoms with E-state index in [4.69, 9.17) is 0 Å². The van der Waals surface area contributed by atoms with Gasteiger partial charge in [-0.25, -0.2) is 0 Å². The zero-order valence-corrected chi connectivity index (χ0v) is 3.42. The van der Waals surface area contributed by atoms with Gasteiger partial charge in [0.1, 0.15) is 6.20 Å². The number of hydrogen-bond donors (Lipinski definition) is 0. The van der Waals surface area contributed by atoms with E-state index in [0.29, 0.717) is 6.29 Å². The summed E-state index contributed by atoms with van der Waals surface area (Å²) in [6.07, 6.45) is 2.91. The molecule has 1 aromatic rings. The van der Waals surface area contributed by atoms with Crippen LogP contribution in [0.2, 0.25) is 0 Å². The highest BCUT2D eigenvalue weighted by atomic mass is 16.5. The Morgan fingerprint density at radius 2 is 2.86 bits per heavy atom. The Kier molecular flexibility index (Phi) is 0.898. The van der Waals surface area contributed by atoms with Crippen molar-refractivity contribution >= 4 is 6.29 Å². The van der Waals surface area contributed by atoms with Crippen molar-refractivity contribution in [3.05, 3.63) is 18.0 Å². The minimum atomic E-state index is 0.208. The van der Waals surface area contributed by atoms with Crippen LogP contribution in [-0.2, 0) is 0 Å². The molecule has 1 radical (unpaired) electrons. The van der Waals surface area contributed by atoms with E-state index in [-0.39, 0.29) is 5.76 Å². The van der Waals surface area contributed by atoms with Gasteiger partial charge in [-0.1, -0.05) is 5.16 Å². The van der Waals surface area contributed by atoms with Crippen molar-refractivity contribution in [2.45, 2.75) is 0 Å². The summed E-state index contributed by atoms with van der Waals surface area (Å²) in [5.74, 6) is 0.208. The molecule has 1 aromatic heterocycles. The Labute approximate surface area is 39.9 Å². The highest BCUT2D eigenvalue weighted by Crippen LogP contribution is 1.86. The molecule has 1 rings (SSSR count). The van der Waals surface area contributed by atoms with Crippen LogP contribution in [0.15, 0.2) is 10.6 Å². The molecule has 0 aliphatic rings. The van der Waals surface area contributed by atoms with Gasteiger partial charge >= 0.3 is 0 Å². The number of carbonyl (C=O) groups excluding carboxylic acids is 1. The maximum Gasteiger partial charge on any atom is 0.199 e. The molecule has 0 saturated carbocycles. The van der Waals surface area contributed by atoms with Gasteiger partial charge in [0.25, 0.3) is 0 Å². The van der Waals surface area contributed by atoms with Crippen LogP contribution in [-0.4, -0.2) is 11.4 Å². The summed E-state index contributed by atoms with van der Waals surface area (Å²) < 4.78 is 4.31. The van der Waals surface area contributed by atoms with Crippen LogP contribution in [0.25, 0.3) is 0 Å². The quantitative estimate of drug-likeness (QED) is 0.472. The molecule has 1 heterocycles. The summed E-state index contributed by atoms with van der Waals surface area (Å²) in [7, 11) is 0. The van der Waals surface area contributed by atoms with Crippen LogP contribution >= 0.6 is 0 Å². The zero-order valence-electron chi connectivity index (χ0n) is 3.42. The average Bonchev–Trinajstić information content (AvgIpc) is 2.14. The first-order valence-corrected chi connectivity index (χ1v) is 1.71. The van der Waals surface area contributed by atoms with E-state index in [1.54, 1.807) is 0 Å². The molecule has 0 saturated heterocycles. The molecule has 0 aliphatic carbocycles. The van der Waals surface area contributed by atoms with Gasteiger partial charge in [0.05, 0.1) is 0 Å². The first-order chi connectivity index (χ1) is 3.43. The van der Waals surface area contributed by atoms with E-state index in [1.807, 2.05) is 0 Å². The second kappa shape index (κ2) is 1.55. The maximum atomic E-state index is 9.71. The number of aromatic nitrogens is 1. The van der Waals surface area contributed by atoms with Crippen LogP contribution in [0.3, 0.4) is 0 Å². The second-order valence-electron chi connectivity index (χ2n) is 0.976. The van der Waals surface area contributed by atoms with Crippen molar-refractivity contribution in [2.75, 3.05) is 0 Å². The van der Waals surface area contributed by atoms with Crippen LogP contribution < -0.4 is 0 Å². The van der Waals surface area contributed by atoms with E-state index in [2.05, 4.69) is 15.9 Å². The SMILES string of the molecule is O=Cc1c[c]no1. The van der Waals surface area contributed by atoms with Crippen LogP contribution in [0.4, 0.5) is 0 Å². The normalized spacial score (nSPS) is 8.57. The molecule has 0 bridgehead atoms. The molecule has 0 fully saturated rings. The van der Waals surface area contributed by atoms with Gasteiger partial charge in [-0.05, 0) is 0 Å². The highest BCUT2D eigenvalue weighted by molar-refractivity contribution is 5.69. The lowest BCUT2D eigenvalue weighted by atomic mass is 10.5. The van der Waals surface area contributed by atoms with E-state index in [9.17, 15) is 4.79 Å². The van der Waals surface area contributed by atoms with Gasteiger partial charge in [-0.15, -0.1) is 0 Å². The summed E-state index contributed by atoms with van der Waals surface area (Å²) >= 11 is 0. The minimum absolute atomic E-state index is 0.208. The zero-order chi connectivity index (χ0) is 5.11. The molecule has 0 unspecified atom stereocenters. The molecule has 7 heavy (non-hydrogen) atoms. The third-order valence-corrected chi connectivity index (χ3v) is 0.527. The number of aldehydes is 1. The topological polar surface area (TPSA) is 43.1 Å². The third-order valence-electron chi connectivity index (χ3n) is 0.527. The lowest BCUT2D eigenvalue weighted by Crippen LogP contribution is -1.66. The second-order valence-corrected chi connectivity index (χ2v) is 0.976. The first kappa shape index (κ1) is 4.05. The summed E-state index contributed by atoms with van der Waals surface area (Å²) in [6.45, 7) is 0. The van der Waals surface area contributed by atoms with E-state index >= 15 is 0 Å². The Bertz CT molecular complexity index is 145. The smallest absolute Gasteiger partial charge is 0.199 e. The van der Waals surface area contributed by atoms with Gasteiger partial charge in [0.15, 0.2) is 12.0 Å². The molecule has 0 aromatic carbocycles. The van der Waals surface area contributed by atoms with Gasteiger partial charge in [-0.2, -0.15) is 0 Å². The van der Waals surface area contributed by atoms with E-state index < -0.39 is 0 Å². The molecule has 0 N–H and O–H groups in total. The molecular formula is C4H2NO2. The highest BCUT2D eigenvalue weighted by Gasteiger charge is 1.87. The number of rotatable bonds is 1. The molecule has 35 valence electrons. The lowest BCUT2D eigenvalue weighted by molar-refractivity contribution is 0.109. The van der Waals surface area contributed by atoms with Crippen molar-refractivity contribution in [3.8, 4) is 0 Å². The fraction of sp³-hybridized carbons (Fsp3) is 0. The molecule has 3 heteroatoms. The lowest BCUT2D eigenvalue weighted by Gasteiger charge is -1.65. The largest absolute Gasteiger partial charge is 0.353 e. The van der Waals surface area contributed by atoms with Gasteiger partial charge < -0.3 is 4.52 Å². The summed E-state index contributed by atoms with van der Waals surface area (Å²) in [5, 5.41) is 3.16. The third kappa shape index (κ3) is 0.652. The molecule has 0 atom stereocenters. The van der Waals surface area contributed by atoms with Crippen LogP contribution in [0.5, 0.6) is 0 Å².